The molecule has 1 aliphatic heterocycles. The van der Waals surface area contributed by atoms with Gasteiger partial charge in [-0.05, 0) is 50.4 Å². The number of hydrogen-bond donors (Lipinski definition) is 1. The lowest BCUT2D eigenvalue weighted by Crippen LogP contribution is -2.46. The van der Waals surface area contributed by atoms with Gasteiger partial charge in [0.05, 0.1) is 0 Å². The normalized spacial score (nSPS) is 18.8. The van der Waals surface area contributed by atoms with Crippen LogP contribution >= 0.6 is 24.2 Å². The molecule has 1 fully saturated rings. The number of hydrogen-bond acceptors (Lipinski definition) is 3. The maximum atomic E-state index is 12.4. The van der Waals surface area contributed by atoms with Gasteiger partial charge in [0.25, 0.3) is 5.91 Å². The van der Waals surface area contributed by atoms with Crippen LogP contribution in [0, 0.1) is 0 Å². The lowest BCUT2D eigenvalue weighted by molar-refractivity contribution is 0.0698. The molecule has 19 heavy (non-hydrogen) atoms. The Kier molecular flexibility index (Phi) is 6.69. The van der Waals surface area contributed by atoms with Crippen molar-refractivity contribution in [3.05, 3.63) is 29.8 Å². The van der Waals surface area contributed by atoms with E-state index >= 15 is 0 Å². The van der Waals surface area contributed by atoms with E-state index in [0.717, 1.165) is 31.5 Å². The molecule has 1 N–H and O–H groups in total. The zero-order valence-electron chi connectivity index (χ0n) is 11.4. The number of likely N-dealkylation sites (tertiary alicyclic amines) is 1. The van der Waals surface area contributed by atoms with E-state index in [4.69, 9.17) is 0 Å². The van der Waals surface area contributed by atoms with Gasteiger partial charge in [-0.3, -0.25) is 4.79 Å². The van der Waals surface area contributed by atoms with Crippen molar-refractivity contribution in [2.75, 3.05) is 26.4 Å². The number of halogens is 1. The van der Waals surface area contributed by atoms with Crippen molar-refractivity contribution < 1.29 is 4.79 Å². The van der Waals surface area contributed by atoms with E-state index in [9.17, 15) is 4.79 Å². The quantitative estimate of drug-likeness (QED) is 0.871. The number of nitrogens with one attached hydrogen (secondary N) is 1. The zero-order valence-corrected chi connectivity index (χ0v) is 13.0. The van der Waals surface area contributed by atoms with Crippen LogP contribution in [-0.2, 0) is 0 Å². The van der Waals surface area contributed by atoms with Gasteiger partial charge < -0.3 is 10.2 Å². The average molecular weight is 301 g/mol. The molecular weight excluding hydrogens is 280 g/mol. The van der Waals surface area contributed by atoms with E-state index < -0.39 is 0 Å². The Labute approximate surface area is 125 Å². The van der Waals surface area contributed by atoms with Crippen LogP contribution in [0.4, 0.5) is 0 Å². The van der Waals surface area contributed by atoms with Gasteiger partial charge in [0, 0.05) is 29.6 Å². The molecule has 1 saturated heterocycles. The molecule has 1 unspecified atom stereocenters. The first-order chi connectivity index (χ1) is 8.74. The van der Waals surface area contributed by atoms with Gasteiger partial charge in [0.15, 0.2) is 0 Å². The van der Waals surface area contributed by atoms with Gasteiger partial charge in [-0.25, -0.2) is 0 Å². The third-order valence-electron chi connectivity index (χ3n) is 3.45. The molecule has 106 valence electrons. The van der Waals surface area contributed by atoms with Crippen LogP contribution in [0.3, 0.4) is 0 Å². The van der Waals surface area contributed by atoms with Crippen molar-refractivity contribution in [2.45, 2.75) is 23.8 Å². The first-order valence-electron chi connectivity index (χ1n) is 6.35. The summed E-state index contributed by atoms with van der Waals surface area (Å²) >= 11 is 1.69. The second-order valence-corrected chi connectivity index (χ2v) is 5.49. The Morgan fingerprint density at radius 2 is 2.05 bits per heavy atom. The Morgan fingerprint density at radius 1 is 1.37 bits per heavy atom. The van der Waals surface area contributed by atoms with Crippen LogP contribution < -0.4 is 5.32 Å². The summed E-state index contributed by atoms with van der Waals surface area (Å²) < 4.78 is 0. The molecule has 0 bridgehead atoms. The van der Waals surface area contributed by atoms with Crippen LogP contribution in [0.25, 0.3) is 0 Å². The maximum absolute atomic E-state index is 12.4. The average Bonchev–Trinajstić information content (AvgIpc) is 2.46. The minimum atomic E-state index is 0. The fourth-order valence-electron chi connectivity index (χ4n) is 2.31. The van der Waals surface area contributed by atoms with Crippen molar-refractivity contribution in [1.29, 1.82) is 0 Å². The van der Waals surface area contributed by atoms with E-state index in [0.29, 0.717) is 6.04 Å². The molecule has 3 nitrogen and oxygen atoms in total. The van der Waals surface area contributed by atoms with Gasteiger partial charge in [-0.15, -0.1) is 24.2 Å². The molecule has 0 radical (unpaired) electrons. The monoisotopic (exact) mass is 300 g/mol. The number of thioether (sulfide) groups is 1. The predicted molar refractivity (Wildman–Crippen MR) is 83.5 cm³/mol. The molecule has 0 saturated carbocycles. The number of amides is 1. The molecule has 0 aliphatic carbocycles. The van der Waals surface area contributed by atoms with Crippen LogP contribution in [0.1, 0.15) is 23.2 Å². The van der Waals surface area contributed by atoms with E-state index in [1.165, 1.54) is 4.90 Å². The van der Waals surface area contributed by atoms with E-state index in [1.807, 2.05) is 42.5 Å². The Hall–Kier alpha value is -0.710. The van der Waals surface area contributed by atoms with Crippen molar-refractivity contribution in [3.8, 4) is 0 Å². The van der Waals surface area contributed by atoms with Crippen molar-refractivity contribution in [2.24, 2.45) is 0 Å². The summed E-state index contributed by atoms with van der Waals surface area (Å²) in [7, 11) is 1.96. The highest BCUT2D eigenvalue weighted by molar-refractivity contribution is 7.98. The molecule has 5 heteroatoms. The van der Waals surface area contributed by atoms with Crippen LogP contribution in [0.5, 0.6) is 0 Å². The van der Waals surface area contributed by atoms with Gasteiger partial charge in [0.2, 0.25) is 0 Å². The Bertz CT molecular complexity index is 410. The van der Waals surface area contributed by atoms with Crippen LogP contribution in [0.2, 0.25) is 0 Å². The molecule has 0 spiro atoms. The van der Waals surface area contributed by atoms with Crippen LogP contribution in [-0.4, -0.2) is 43.2 Å². The summed E-state index contributed by atoms with van der Waals surface area (Å²) in [6.07, 6.45) is 4.28. The maximum Gasteiger partial charge on any atom is 0.253 e. The van der Waals surface area contributed by atoms with Crippen molar-refractivity contribution in [3.63, 3.8) is 0 Å². The number of nitrogens with zero attached hydrogens (tertiary/aromatic N) is 1. The lowest BCUT2D eigenvalue weighted by atomic mass is 10.0. The standard InChI is InChI=1S/C14H20N2OS.ClH/c1-15-12-4-3-9-16(10-12)14(17)11-5-7-13(18-2)8-6-11;/h5-8,12,15H,3-4,9-10H2,1-2H3;1H. The molecule has 1 atom stereocenters. The summed E-state index contributed by atoms with van der Waals surface area (Å²) in [5.74, 6) is 0.155. The van der Waals surface area contributed by atoms with E-state index in [1.54, 1.807) is 11.8 Å². The van der Waals surface area contributed by atoms with Gasteiger partial charge in [0.1, 0.15) is 0 Å². The second kappa shape index (κ2) is 7.78. The first-order valence-corrected chi connectivity index (χ1v) is 7.57. The number of carbonyl (C=O) groups is 1. The molecule has 1 aromatic rings. The third-order valence-corrected chi connectivity index (χ3v) is 4.20. The molecule has 1 aliphatic rings. The van der Waals surface area contributed by atoms with E-state index in [-0.39, 0.29) is 18.3 Å². The first kappa shape index (κ1) is 16.3. The highest BCUT2D eigenvalue weighted by atomic mass is 35.5. The van der Waals surface area contributed by atoms with Crippen molar-refractivity contribution in [1.82, 2.24) is 10.2 Å². The Balaban J connectivity index is 0.00000180. The summed E-state index contributed by atoms with van der Waals surface area (Å²) in [6, 6.07) is 8.32. The number of carbonyl (C=O) groups excluding carboxylic acids is 1. The minimum absolute atomic E-state index is 0. The number of rotatable bonds is 3. The highest BCUT2D eigenvalue weighted by Crippen LogP contribution is 2.18. The lowest BCUT2D eigenvalue weighted by Gasteiger charge is -2.32. The second-order valence-electron chi connectivity index (χ2n) is 4.61. The number of benzene rings is 1. The van der Waals surface area contributed by atoms with Crippen LogP contribution in [0.15, 0.2) is 29.2 Å². The smallest absolute Gasteiger partial charge is 0.253 e. The highest BCUT2D eigenvalue weighted by Gasteiger charge is 2.23. The fourth-order valence-corrected chi connectivity index (χ4v) is 2.72. The predicted octanol–water partition coefficient (Wildman–Crippen LogP) is 2.65. The fraction of sp³-hybridized carbons (Fsp3) is 0.500. The topological polar surface area (TPSA) is 32.3 Å². The summed E-state index contributed by atoms with van der Waals surface area (Å²) in [5.41, 5.74) is 0.796. The van der Waals surface area contributed by atoms with Gasteiger partial charge >= 0.3 is 0 Å². The third kappa shape index (κ3) is 4.13. The van der Waals surface area contributed by atoms with Crippen molar-refractivity contribution >= 4 is 30.1 Å². The summed E-state index contributed by atoms with van der Waals surface area (Å²) in [5, 5.41) is 3.26. The summed E-state index contributed by atoms with van der Waals surface area (Å²) in [4.78, 5) is 15.5. The van der Waals surface area contributed by atoms with Gasteiger partial charge in [-0.2, -0.15) is 0 Å². The SMILES string of the molecule is CNC1CCCN(C(=O)c2ccc(SC)cc2)C1.Cl. The molecular formula is C14H21ClN2OS. The molecule has 1 heterocycles. The van der Waals surface area contributed by atoms with Gasteiger partial charge in [-0.1, -0.05) is 0 Å². The Morgan fingerprint density at radius 3 is 2.63 bits per heavy atom. The van der Waals surface area contributed by atoms with E-state index in [2.05, 4.69) is 5.32 Å². The molecule has 0 aromatic heterocycles. The molecule has 1 aromatic carbocycles. The minimum Gasteiger partial charge on any atom is -0.337 e. The molecule has 2 rings (SSSR count). The molecule has 1 amide bonds. The largest absolute Gasteiger partial charge is 0.337 e. The zero-order chi connectivity index (χ0) is 13.0. The summed E-state index contributed by atoms with van der Waals surface area (Å²) in [6.45, 7) is 1.70. The number of piperidine rings is 1. The number of likely N-dealkylation sites (N-methyl/N-ethyl adjacent to an activating group) is 1.